The molecule has 0 unspecified atom stereocenters. The van der Waals surface area contributed by atoms with Crippen LogP contribution in [0, 0.1) is 0 Å². The summed E-state index contributed by atoms with van der Waals surface area (Å²) >= 11 is 0. The highest BCUT2D eigenvalue weighted by molar-refractivity contribution is 5.91. The maximum atomic E-state index is 11.0. The van der Waals surface area contributed by atoms with Gasteiger partial charge in [-0.15, -0.1) is 0 Å². The van der Waals surface area contributed by atoms with Crippen molar-refractivity contribution in [1.29, 1.82) is 0 Å². The predicted molar refractivity (Wildman–Crippen MR) is 54.9 cm³/mol. The summed E-state index contributed by atoms with van der Waals surface area (Å²) in [6.07, 6.45) is 0.387. The average molecular weight is 194 g/mol. The van der Waals surface area contributed by atoms with Gasteiger partial charge in [0.2, 0.25) is 5.91 Å². The number of aromatic hydroxyl groups is 1. The Bertz CT molecular complexity index is 337. The molecule has 1 amide bonds. The van der Waals surface area contributed by atoms with Crippen LogP contribution in [0.3, 0.4) is 0 Å². The molecular weight excluding hydrogens is 180 g/mol. The normalized spacial score (nSPS) is 9.86. The third-order valence-electron chi connectivity index (χ3n) is 1.89. The lowest BCUT2D eigenvalue weighted by molar-refractivity contribution is -0.115. The number of benzene rings is 1. The standard InChI is InChI=1S/C10H14N2O2/c1-2-10(14)12-8-4-3-7(6-11)5-9(8)13/h3-5,13H,2,6,11H2,1H3,(H,12,14). The number of phenolic OH excluding ortho intramolecular Hbond substituents is 1. The van der Waals surface area contributed by atoms with Crippen molar-refractivity contribution in [2.24, 2.45) is 5.73 Å². The summed E-state index contributed by atoms with van der Waals surface area (Å²) in [6, 6.07) is 4.96. The number of hydrogen-bond donors (Lipinski definition) is 3. The van der Waals surface area contributed by atoms with Gasteiger partial charge in [-0.1, -0.05) is 13.0 Å². The molecule has 14 heavy (non-hydrogen) atoms. The van der Waals surface area contributed by atoms with Gasteiger partial charge in [-0.2, -0.15) is 0 Å². The summed E-state index contributed by atoms with van der Waals surface area (Å²) in [6.45, 7) is 2.12. The number of nitrogens with one attached hydrogen (secondary N) is 1. The van der Waals surface area contributed by atoms with Crippen molar-refractivity contribution in [3.63, 3.8) is 0 Å². The molecule has 0 fully saturated rings. The number of phenols is 1. The number of amides is 1. The van der Waals surface area contributed by atoms with E-state index >= 15 is 0 Å². The second kappa shape index (κ2) is 4.62. The van der Waals surface area contributed by atoms with E-state index in [0.29, 0.717) is 18.7 Å². The number of nitrogens with two attached hydrogens (primary N) is 1. The Morgan fingerprint density at radius 1 is 1.57 bits per heavy atom. The summed E-state index contributed by atoms with van der Waals surface area (Å²) in [4.78, 5) is 11.0. The highest BCUT2D eigenvalue weighted by Gasteiger charge is 2.04. The molecule has 0 radical (unpaired) electrons. The second-order valence-corrected chi connectivity index (χ2v) is 2.96. The fourth-order valence-corrected chi connectivity index (χ4v) is 1.05. The lowest BCUT2D eigenvalue weighted by Crippen LogP contribution is -2.09. The van der Waals surface area contributed by atoms with E-state index in [1.54, 1.807) is 25.1 Å². The van der Waals surface area contributed by atoms with Crippen LogP contribution in [0.25, 0.3) is 0 Å². The highest BCUT2D eigenvalue weighted by Crippen LogP contribution is 2.24. The fraction of sp³-hybridized carbons (Fsp3) is 0.300. The Balaban J connectivity index is 2.83. The molecule has 4 N–H and O–H groups in total. The van der Waals surface area contributed by atoms with Crippen molar-refractivity contribution in [1.82, 2.24) is 0 Å². The monoisotopic (exact) mass is 194 g/mol. The third-order valence-corrected chi connectivity index (χ3v) is 1.89. The van der Waals surface area contributed by atoms with Gasteiger partial charge in [0, 0.05) is 13.0 Å². The first-order valence-electron chi connectivity index (χ1n) is 4.49. The summed E-state index contributed by atoms with van der Waals surface area (Å²) in [7, 11) is 0. The summed E-state index contributed by atoms with van der Waals surface area (Å²) in [5, 5.41) is 12.1. The molecule has 1 aromatic carbocycles. The largest absolute Gasteiger partial charge is 0.506 e. The topological polar surface area (TPSA) is 75.4 Å². The van der Waals surface area contributed by atoms with Gasteiger partial charge in [-0.05, 0) is 17.7 Å². The van der Waals surface area contributed by atoms with E-state index < -0.39 is 0 Å². The van der Waals surface area contributed by atoms with Crippen LogP contribution in [0.2, 0.25) is 0 Å². The molecule has 4 nitrogen and oxygen atoms in total. The van der Waals surface area contributed by atoms with E-state index in [-0.39, 0.29) is 11.7 Å². The molecule has 0 spiro atoms. The molecule has 0 saturated heterocycles. The molecule has 1 aromatic rings. The molecule has 0 aliphatic heterocycles. The van der Waals surface area contributed by atoms with Crippen molar-refractivity contribution < 1.29 is 9.90 Å². The molecule has 0 bridgehead atoms. The first-order valence-corrected chi connectivity index (χ1v) is 4.49. The third kappa shape index (κ3) is 2.47. The van der Waals surface area contributed by atoms with E-state index in [4.69, 9.17) is 5.73 Å². The van der Waals surface area contributed by atoms with Crippen LogP contribution in [0.4, 0.5) is 5.69 Å². The molecular formula is C10H14N2O2. The van der Waals surface area contributed by atoms with Crippen LogP contribution >= 0.6 is 0 Å². The van der Waals surface area contributed by atoms with Crippen LogP contribution in [0.5, 0.6) is 5.75 Å². The second-order valence-electron chi connectivity index (χ2n) is 2.96. The van der Waals surface area contributed by atoms with Gasteiger partial charge in [-0.25, -0.2) is 0 Å². The van der Waals surface area contributed by atoms with Crippen LogP contribution < -0.4 is 11.1 Å². The predicted octanol–water partition coefficient (Wildman–Crippen LogP) is 1.20. The van der Waals surface area contributed by atoms with Crippen molar-refractivity contribution in [2.45, 2.75) is 19.9 Å². The average Bonchev–Trinajstić information content (AvgIpc) is 2.20. The molecule has 0 heterocycles. The zero-order valence-electron chi connectivity index (χ0n) is 8.08. The Morgan fingerprint density at radius 3 is 2.79 bits per heavy atom. The van der Waals surface area contributed by atoms with E-state index in [0.717, 1.165) is 5.56 Å². The summed E-state index contributed by atoms with van der Waals surface area (Å²) in [5.74, 6) is -0.0736. The minimum Gasteiger partial charge on any atom is -0.506 e. The van der Waals surface area contributed by atoms with Gasteiger partial charge in [0.1, 0.15) is 5.75 Å². The van der Waals surface area contributed by atoms with Gasteiger partial charge < -0.3 is 16.2 Å². The Kier molecular flexibility index (Phi) is 3.48. The molecule has 0 aromatic heterocycles. The van der Waals surface area contributed by atoms with Crippen molar-refractivity contribution in [2.75, 3.05) is 5.32 Å². The van der Waals surface area contributed by atoms with Gasteiger partial charge in [0.05, 0.1) is 5.69 Å². The maximum Gasteiger partial charge on any atom is 0.224 e. The molecule has 0 atom stereocenters. The zero-order chi connectivity index (χ0) is 10.6. The number of carbonyl (C=O) groups is 1. The Morgan fingerprint density at radius 2 is 2.29 bits per heavy atom. The quantitative estimate of drug-likeness (QED) is 0.633. The zero-order valence-corrected chi connectivity index (χ0v) is 8.08. The van der Waals surface area contributed by atoms with Gasteiger partial charge in [-0.3, -0.25) is 4.79 Å². The lowest BCUT2D eigenvalue weighted by atomic mass is 10.2. The Hall–Kier alpha value is -1.55. The minimum absolute atomic E-state index is 0.0507. The summed E-state index contributed by atoms with van der Waals surface area (Å²) < 4.78 is 0. The highest BCUT2D eigenvalue weighted by atomic mass is 16.3. The Labute approximate surface area is 82.7 Å². The number of carbonyl (C=O) groups excluding carboxylic acids is 1. The molecule has 0 aliphatic carbocycles. The minimum atomic E-state index is -0.124. The van der Waals surface area contributed by atoms with Crippen LogP contribution in [0.1, 0.15) is 18.9 Å². The van der Waals surface area contributed by atoms with Crippen LogP contribution in [0.15, 0.2) is 18.2 Å². The molecule has 0 saturated carbocycles. The van der Waals surface area contributed by atoms with E-state index in [1.165, 1.54) is 0 Å². The summed E-state index contributed by atoms with van der Waals surface area (Å²) in [5.41, 5.74) is 6.65. The van der Waals surface area contributed by atoms with Crippen molar-refractivity contribution >= 4 is 11.6 Å². The molecule has 0 aliphatic rings. The SMILES string of the molecule is CCC(=O)Nc1ccc(CN)cc1O. The first-order chi connectivity index (χ1) is 6.67. The molecule has 4 heteroatoms. The maximum absolute atomic E-state index is 11.0. The number of rotatable bonds is 3. The van der Waals surface area contributed by atoms with E-state index in [9.17, 15) is 9.90 Å². The van der Waals surface area contributed by atoms with Gasteiger partial charge >= 0.3 is 0 Å². The van der Waals surface area contributed by atoms with Crippen molar-refractivity contribution in [3.05, 3.63) is 23.8 Å². The number of hydrogen-bond acceptors (Lipinski definition) is 3. The van der Waals surface area contributed by atoms with Crippen molar-refractivity contribution in [3.8, 4) is 5.75 Å². The molecule has 1 rings (SSSR count). The first kappa shape index (κ1) is 10.5. The molecule has 76 valence electrons. The van der Waals surface area contributed by atoms with Gasteiger partial charge in [0.15, 0.2) is 0 Å². The van der Waals surface area contributed by atoms with Crippen LogP contribution in [-0.4, -0.2) is 11.0 Å². The smallest absolute Gasteiger partial charge is 0.224 e. The van der Waals surface area contributed by atoms with E-state index in [1.807, 2.05) is 0 Å². The van der Waals surface area contributed by atoms with Gasteiger partial charge in [0.25, 0.3) is 0 Å². The van der Waals surface area contributed by atoms with Crippen LogP contribution in [-0.2, 0) is 11.3 Å². The van der Waals surface area contributed by atoms with E-state index in [2.05, 4.69) is 5.32 Å². The fourth-order valence-electron chi connectivity index (χ4n) is 1.05. The lowest BCUT2D eigenvalue weighted by Gasteiger charge is -2.07. The number of anilines is 1.